The Morgan fingerprint density at radius 3 is 3.07 bits per heavy atom. The summed E-state index contributed by atoms with van der Waals surface area (Å²) < 4.78 is 5.14. The molecule has 0 aromatic carbocycles. The maximum atomic E-state index is 11.0. The number of nitrogens with two attached hydrogens (primary N) is 1. The van der Waals surface area contributed by atoms with Gasteiger partial charge < -0.3 is 15.3 Å². The maximum Gasteiger partial charge on any atom is 0.331 e. The van der Waals surface area contributed by atoms with Crippen LogP contribution in [0.15, 0.2) is 10.5 Å². The molecule has 3 N–H and O–H groups in total. The average Bonchev–Trinajstić information content (AvgIpc) is 2.47. The Hall–Kier alpha value is -1.00. The van der Waals surface area contributed by atoms with Gasteiger partial charge >= 0.3 is 5.97 Å². The molecule has 1 aliphatic carbocycles. The summed E-state index contributed by atoms with van der Waals surface area (Å²) in [4.78, 5) is 11.0. The molecule has 0 saturated carbocycles. The molecule has 0 bridgehead atoms. The number of rotatable bonds is 1. The maximum absolute atomic E-state index is 11.0. The fourth-order valence-corrected chi connectivity index (χ4v) is 2.04. The van der Waals surface area contributed by atoms with Crippen molar-refractivity contribution < 1.29 is 14.3 Å². The summed E-state index contributed by atoms with van der Waals surface area (Å²) in [5, 5.41) is 9.23. The lowest BCUT2D eigenvalue weighted by Gasteiger charge is -2.27. The Balaban J connectivity index is 2.54. The second kappa shape index (κ2) is 3.00. The fourth-order valence-electron chi connectivity index (χ4n) is 1.83. The Bertz CT molecular complexity index is 387. The van der Waals surface area contributed by atoms with E-state index in [1.807, 2.05) is 0 Å². The van der Waals surface area contributed by atoms with Crippen molar-refractivity contribution in [3.05, 3.63) is 22.6 Å². The Morgan fingerprint density at radius 2 is 2.43 bits per heavy atom. The van der Waals surface area contributed by atoms with Crippen LogP contribution in [-0.2, 0) is 16.8 Å². The zero-order chi connectivity index (χ0) is 10.3. The highest BCUT2D eigenvalue weighted by Crippen LogP contribution is 2.36. The van der Waals surface area contributed by atoms with Crippen LogP contribution in [0.2, 0.25) is 5.22 Å². The van der Waals surface area contributed by atoms with Gasteiger partial charge in [-0.1, -0.05) is 0 Å². The first-order valence-electron chi connectivity index (χ1n) is 4.35. The SMILES string of the molecule is NC1(C(=O)O)CCCc2cc(Cl)oc21. The van der Waals surface area contributed by atoms with Crippen LogP contribution in [0.5, 0.6) is 0 Å². The quantitative estimate of drug-likeness (QED) is 0.745. The van der Waals surface area contributed by atoms with Crippen LogP contribution < -0.4 is 5.73 Å². The number of carboxylic acids is 1. The zero-order valence-corrected chi connectivity index (χ0v) is 8.17. The smallest absolute Gasteiger partial charge is 0.331 e. The van der Waals surface area contributed by atoms with Gasteiger partial charge in [0.2, 0.25) is 0 Å². The van der Waals surface area contributed by atoms with E-state index in [1.165, 1.54) is 0 Å². The van der Waals surface area contributed by atoms with Crippen molar-refractivity contribution in [2.45, 2.75) is 24.8 Å². The lowest BCUT2D eigenvalue weighted by Crippen LogP contribution is -2.46. The minimum Gasteiger partial charge on any atom is -0.480 e. The van der Waals surface area contributed by atoms with Gasteiger partial charge in [-0.05, 0) is 42.5 Å². The molecule has 0 spiro atoms. The number of aliphatic carboxylic acids is 1. The number of fused-ring (bicyclic) bond motifs is 1. The summed E-state index contributed by atoms with van der Waals surface area (Å²) in [6.45, 7) is 0. The normalized spacial score (nSPS) is 25.9. The van der Waals surface area contributed by atoms with Crippen molar-refractivity contribution in [2.75, 3.05) is 0 Å². The molecule has 4 nitrogen and oxygen atoms in total. The molecule has 1 unspecified atom stereocenters. The number of furan rings is 1. The van der Waals surface area contributed by atoms with E-state index < -0.39 is 11.5 Å². The lowest BCUT2D eigenvalue weighted by molar-refractivity contribution is -0.145. The van der Waals surface area contributed by atoms with E-state index >= 15 is 0 Å². The molecular formula is C9H10ClNO3. The van der Waals surface area contributed by atoms with Crippen molar-refractivity contribution in [3.8, 4) is 0 Å². The van der Waals surface area contributed by atoms with Gasteiger partial charge in [-0.3, -0.25) is 0 Å². The molecule has 1 aromatic heterocycles. The van der Waals surface area contributed by atoms with E-state index in [9.17, 15) is 4.79 Å². The number of carbonyl (C=O) groups is 1. The van der Waals surface area contributed by atoms with Crippen LogP contribution in [0.3, 0.4) is 0 Å². The highest BCUT2D eigenvalue weighted by Gasteiger charge is 2.43. The number of carboxylic acid groups (broad SMARTS) is 1. The summed E-state index contributed by atoms with van der Waals surface area (Å²) in [5.41, 5.74) is 5.18. The standard InChI is InChI=1S/C9H10ClNO3/c10-6-4-5-2-1-3-9(11,8(12)13)7(5)14-6/h4H,1-3,11H2,(H,12,13). The van der Waals surface area contributed by atoms with Crippen molar-refractivity contribution >= 4 is 17.6 Å². The van der Waals surface area contributed by atoms with Crippen LogP contribution in [0.4, 0.5) is 0 Å². The first kappa shape index (κ1) is 9.55. The Labute approximate surface area is 85.6 Å². The molecule has 0 amide bonds. The van der Waals surface area contributed by atoms with Gasteiger partial charge in [-0.15, -0.1) is 0 Å². The Morgan fingerprint density at radius 1 is 1.71 bits per heavy atom. The summed E-state index contributed by atoms with van der Waals surface area (Å²) in [7, 11) is 0. The van der Waals surface area contributed by atoms with Crippen molar-refractivity contribution in [3.63, 3.8) is 0 Å². The van der Waals surface area contributed by atoms with Gasteiger partial charge in [0, 0.05) is 0 Å². The van der Waals surface area contributed by atoms with Gasteiger partial charge in [0.05, 0.1) is 0 Å². The van der Waals surface area contributed by atoms with Crippen LogP contribution in [0.1, 0.15) is 24.2 Å². The van der Waals surface area contributed by atoms with E-state index in [0.717, 1.165) is 18.4 Å². The van der Waals surface area contributed by atoms with E-state index in [4.69, 9.17) is 26.9 Å². The van der Waals surface area contributed by atoms with E-state index in [-0.39, 0.29) is 5.22 Å². The molecule has 14 heavy (non-hydrogen) atoms. The molecule has 76 valence electrons. The molecule has 0 saturated heterocycles. The largest absolute Gasteiger partial charge is 0.480 e. The number of halogens is 1. The van der Waals surface area contributed by atoms with Crippen molar-refractivity contribution in [2.24, 2.45) is 5.73 Å². The fraction of sp³-hybridized carbons (Fsp3) is 0.444. The molecule has 0 fully saturated rings. The summed E-state index contributed by atoms with van der Waals surface area (Å²) in [6, 6.07) is 1.64. The number of aryl methyl sites for hydroxylation is 1. The van der Waals surface area contributed by atoms with Gasteiger partial charge in [0.1, 0.15) is 5.76 Å². The van der Waals surface area contributed by atoms with Crippen LogP contribution in [0.25, 0.3) is 0 Å². The predicted molar refractivity (Wildman–Crippen MR) is 50.2 cm³/mol. The minimum atomic E-state index is -1.40. The second-order valence-corrected chi connectivity index (χ2v) is 3.91. The number of hydrogen-bond donors (Lipinski definition) is 2. The highest BCUT2D eigenvalue weighted by molar-refractivity contribution is 6.29. The van der Waals surface area contributed by atoms with Crippen LogP contribution in [-0.4, -0.2) is 11.1 Å². The topological polar surface area (TPSA) is 76.5 Å². The van der Waals surface area contributed by atoms with E-state index in [1.54, 1.807) is 6.07 Å². The van der Waals surface area contributed by atoms with Gasteiger partial charge in [-0.2, -0.15) is 0 Å². The summed E-state index contributed by atoms with van der Waals surface area (Å²) in [6.07, 6.45) is 1.91. The Kier molecular flexibility index (Phi) is 2.05. The second-order valence-electron chi connectivity index (χ2n) is 3.53. The zero-order valence-electron chi connectivity index (χ0n) is 7.42. The molecule has 2 rings (SSSR count). The molecule has 5 heteroatoms. The monoisotopic (exact) mass is 215 g/mol. The predicted octanol–water partition coefficient (Wildman–Crippen LogP) is 1.51. The third kappa shape index (κ3) is 1.22. The first-order valence-corrected chi connectivity index (χ1v) is 4.73. The number of hydrogen-bond acceptors (Lipinski definition) is 3. The van der Waals surface area contributed by atoms with Gasteiger partial charge in [0.15, 0.2) is 10.8 Å². The lowest BCUT2D eigenvalue weighted by atomic mass is 9.82. The van der Waals surface area contributed by atoms with Crippen LogP contribution in [0, 0.1) is 0 Å². The molecule has 0 aliphatic heterocycles. The van der Waals surface area contributed by atoms with Gasteiger partial charge in [-0.25, -0.2) is 4.79 Å². The van der Waals surface area contributed by atoms with E-state index in [2.05, 4.69) is 0 Å². The first-order chi connectivity index (χ1) is 6.54. The molecule has 1 atom stereocenters. The van der Waals surface area contributed by atoms with Crippen molar-refractivity contribution in [1.82, 2.24) is 0 Å². The van der Waals surface area contributed by atoms with E-state index in [0.29, 0.717) is 12.2 Å². The molecule has 1 aromatic rings. The van der Waals surface area contributed by atoms with Crippen molar-refractivity contribution in [1.29, 1.82) is 0 Å². The van der Waals surface area contributed by atoms with Gasteiger partial charge in [0.25, 0.3) is 0 Å². The molecule has 1 heterocycles. The molecular weight excluding hydrogens is 206 g/mol. The summed E-state index contributed by atoms with van der Waals surface area (Å²) in [5.74, 6) is -0.759. The third-order valence-electron chi connectivity index (χ3n) is 2.58. The molecule has 1 aliphatic rings. The minimum absolute atomic E-state index is 0.202. The molecule has 0 radical (unpaired) electrons. The van der Waals surface area contributed by atoms with Crippen LogP contribution >= 0.6 is 11.6 Å². The summed E-state index contributed by atoms with van der Waals surface area (Å²) >= 11 is 5.67. The highest BCUT2D eigenvalue weighted by atomic mass is 35.5. The third-order valence-corrected chi connectivity index (χ3v) is 2.77. The average molecular weight is 216 g/mol.